The highest BCUT2D eigenvalue weighted by Crippen LogP contribution is 2.32. The van der Waals surface area contributed by atoms with Crippen LogP contribution in [-0.4, -0.2) is 45.0 Å². The van der Waals surface area contributed by atoms with E-state index < -0.39 is 6.17 Å². The third kappa shape index (κ3) is 3.52. The van der Waals surface area contributed by atoms with Gasteiger partial charge in [0.25, 0.3) is 0 Å². The van der Waals surface area contributed by atoms with Crippen molar-refractivity contribution in [2.45, 2.75) is 30.8 Å². The average molecular weight is 422 g/mol. The number of nitrogen functional groups attached to an aromatic ring is 1. The maximum Gasteiger partial charge on any atom is 0.169 e. The monoisotopic (exact) mass is 421 g/mol. The summed E-state index contributed by atoms with van der Waals surface area (Å²) in [7, 11) is 0. The molecular formula is C23H24FN5S. The van der Waals surface area contributed by atoms with Crippen molar-refractivity contribution < 1.29 is 4.39 Å². The van der Waals surface area contributed by atoms with E-state index in [9.17, 15) is 4.39 Å². The fourth-order valence-corrected chi connectivity index (χ4v) is 4.82. The summed E-state index contributed by atoms with van der Waals surface area (Å²) in [6.45, 7) is 2.89. The molecule has 2 aromatic carbocycles. The largest absolute Gasteiger partial charge is 0.382 e. The Morgan fingerprint density at radius 3 is 2.50 bits per heavy atom. The maximum atomic E-state index is 13.4. The zero-order valence-corrected chi connectivity index (χ0v) is 17.7. The molecule has 154 valence electrons. The van der Waals surface area contributed by atoms with Gasteiger partial charge in [-0.05, 0) is 29.9 Å². The Morgan fingerprint density at radius 2 is 1.80 bits per heavy atom. The van der Waals surface area contributed by atoms with E-state index in [1.807, 2.05) is 24.5 Å². The number of nitrogens with two attached hydrogens (primary N) is 1. The van der Waals surface area contributed by atoms with Crippen LogP contribution in [0.4, 0.5) is 10.2 Å². The molecule has 5 rings (SSSR count). The normalized spacial score (nSPS) is 17.3. The van der Waals surface area contributed by atoms with Gasteiger partial charge in [0.05, 0.1) is 17.6 Å². The molecule has 7 heteroatoms. The highest BCUT2D eigenvalue weighted by atomic mass is 32.2. The highest BCUT2D eigenvalue weighted by Gasteiger charge is 2.21. The minimum atomic E-state index is -0.680. The average Bonchev–Trinajstić information content (AvgIpc) is 3.33. The lowest BCUT2D eigenvalue weighted by molar-refractivity contribution is 0.282. The second-order valence-electron chi connectivity index (χ2n) is 7.83. The van der Waals surface area contributed by atoms with Crippen LogP contribution in [-0.2, 0) is 13.1 Å². The smallest absolute Gasteiger partial charge is 0.169 e. The van der Waals surface area contributed by atoms with Crippen LogP contribution >= 0.6 is 11.8 Å². The van der Waals surface area contributed by atoms with Crippen LogP contribution in [0.5, 0.6) is 0 Å². The van der Waals surface area contributed by atoms with Crippen molar-refractivity contribution in [2.24, 2.45) is 0 Å². The molecule has 1 atom stereocenters. The molecule has 0 amide bonds. The Labute approximate surface area is 179 Å². The SMILES string of the molecule is CSc1nc2c(N)nc3ccccc3c2n1Cc1ccc(CN2CC[C@@H](F)C2)cc1. The number of para-hydroxylation sites is 1. The number of thioether (sulfide) groups is 1. The molecule has 0 bridgehead atoms. The highest BCUT2D eigenvalue weighted by molar-refractivity contribution is 7.98. The van der Waals surface area contributed by atoms with Gasteiger partial charge in [0.1, 0.15) is 11.7 Å². The summed E-state index contributed by atoms with van der Waals surface area (Å²) in [5, 5.41) is 1.98. The lowest BCUT2D eigenvalue weighted by Gasteiger charge is -2.15. The lowest BCUT2D eigenvalue weighted by atomic mass is 10.1. The Bertz CT molecular complexity index is 1200. The number of benzene rings is 2. The molecule has 2 N–H and O–H groups in total. The first kappa shape index (κ1) is 19.3. The number of fused-ring (bicyclic) bond motifs is 3. The fourth-order valence-electron chi connectivity index (χ4n) is 4.26. The van der Waals surface area contributed by atoms with E-state index in [1.54, 1.807) is 11.8 Å². The molecule has 0 unspecified atom stereocenters. The molecule has 0 radical (unpaired) electrons. The van der Waals surface area contributed by atoms with Gasteiger partial charge in [0.2, 0.25) is 0 Å². The first-order valence-corrected chi connectivity index (χ1v) is 11.4. The Kier molecular flexibility index (Phi) is 5.08. The van der Waals surface area contributed by atoms with Crippen molar-refractivity contribution in [3.05, 3.63) is 59.7 Å². The summed E-state index contributed by atoms with van der Waals surface area (Å²) in [5.41, 5.74) is 11.3. The number of hydrogen-bond donors (Lipinski definition) is 1. The summed E-state index contributed by atoms with van der Waals surface area (Å²) in [5.74, 6) is 0.463. The van der Waals surface area contributed by atoms with Gasteiger partial charge < -0.3 is 10.3 Å². The Hall–Kier alpha value is -2.64. The van der Waals surface area contributed by atoms with Crippen LogP contribution < -0.4 is 5.73 Å². The topological polar surface area (TPSA) is 60.0 Å². The number of alkyl halides is 1. The van der Waals surface area contributed by atoms with E-state index in [0.717, 1.165) is 40.2 Å². The van der Waals surface area contributed by atoms with E-state index >= 15 is 0 Å². The number of pyridine rings is 1. The predicted octanol–water partition coefficient (Wildman–Crippen LogP) is 4.48. The van der Waals surface area contributed by atoms with Crippen LogP contribution in [0.1, 0.15) is 17.5 Å². The van der Waals surface area contributed by atoms with Gasteiger partial charge in [-0.25, -0.2) is 14.4 Å². The van der Waals surface area contributed by atoms with E-state index in [-0.39, 0.29) is 0 Å². The molecule has 1 aliphatic rings. The quantitative estimate of drug-likeness (QED) is 0.482. The van der Waals surface area contributed by atoms with Gasteiger partial charge >= 0.3 is 0 Å². The number of anilines is 1. The van der Waals surface area contributed by atoms with Gasteiger partial charge in [-0.1, -0.05) is 54.2 Å². The first-order valence-electron chi connectivity index (χ1n) is 10.1. The van der Waals surface area contributed by atoms with E-state index in [0.29, 0.717) is 25.3 Å². The molecule has 5 nitrogen and oxygen atoms in total. The van der Waals surface area contributed by atoms with Crippen molar-refractivity contribution >= 4 is 39.5 Å². The summed E-state index contributed by atoms with van der Waals surface area (Å²) in [6, 6.07) is 16.6. The summed E-state index contributed by atoms with van der Waals surface area (Å²) in [6.07, 6.45) is 2.00. The second-order valence-corrected chi connectivity index (χ2v) is 8.61. The fraction of sp³-hybridized carbons (Fsp3) is 0.304. The molecule has 2 aromatic heterocycles. The number of halogens is 1. The van der Waals surface area contributed by atoms with Gasteiger partial charge in [-0.3, -0.25) is 4.90 Å². The number of nitrogens with zero attached hydrogens (tertiary/aromatic N) is 4. The molecule has 0 saturated carbocycles. The summed E-state index contributed by atoms with van der Waals surface area (Å²) in [4.78, 5) is 11.5. The van der Waals surface area contributed by atoms with Gasteiger partial charge in [-0.15, -0.1) is 0 Å². The van der Waals surface area contributed by atoms with Crippen LogP contribution in [0.15, 0.2) is 53.7 Å². The maximum absolute atomic E-state index is 13.4. The standard InChI is InChI=1S/C23H24FN5S/c1-30-23-27-20-21(18-4-2-3-5-19(18)26-22(20)25)29(23)13-16-8-6-15(7-9-16)12-28-11-10-17(24)14-28/h2-9,17H,10-14H2,1H3,(H2,25,26)/t17-/m1/s1. The van der Waals surface area contributed by atoms with Crippen molar-refractivity contribution in [1.82, 2.24) is 19.4 Å². The molecule has 0 aliphatic carbocycles. The number of aromatic nitrogens is 3. The minimum Gasteiger partial charge on any atom is -0.382 e. The Morgan fingerprint density at radius 1 is 1.07 bits per heavy atom. The summed E-state index contributed by atoms with van der Waals surface area (Å²) < 4.78 is 15.7. The second kappa shape index (κ2) is 7.89. The number of likely N-dealkylation sites (tertiary alicyclic amines) is 1. The van der Waals surface area contributed by atoms with Gasteiger partial charge in [0, 0.05) is 25.0 Å². The van der Waals surface area contributed by atoms with E-state index in [4.69, 9.17) is 10.7 Å². The third-order valence-corrected chi connectivity index (χ3v) is 6.42. The van der Waals surface area contributed by atoms with Crippen molar-refractivity contribution in [3.8, 4) is 0 Å². The predicted molar refractivity (Wildman–Crippen MR) is 122 cm³/mol. The zero-order chi connectivity index (χ0) is 20.7. The van der Waals surface area contributed by atoms with Gasteiger partial charge in [0.15, 0.2) is 11.0 Å². The third-order valence-electron chi connectivity index (χ3n) is 5.74. The van der Waals surface area contributed by atoms with E-state index in [1.165, 1.54) is 11.1 Å². The molecule has 3 heterocycles. The first-order chi connectivity index (χ1) is 14.6. The molecule has 1 fully saturated rings. The van der Waals surface area contributed by atoms with E-state index in [2.05, 4.69) is 44.8 Å². The van der Waals surface area contributed by atoms with Crippen LogP contribution in [0.3, 0.4) is 0 Å². The van der Waals surface area contributed by atoms with Crippen LogP contribution in [0, 0.1) is 0 Å². The zero-order valence-electron chi connectivity index (χ0n) is 16.9. The Balaban J connectivity index is 1.49. The molecule has 1 aliphatic heterocycles. The number of imidazole rings is 1. The molecular weight excluding hydrogens is 397 g/mol. The molecule has 4 aromatic rings. The van der Waals surface area contributed by atoms with Crippen molar-refractivity contribution in [2.75, 3.05) is 25.1 Å². The molecule has 0 spiro atoms. The van der Waals surface area contributed by atoms with Crippen molar-refractivity contribution in [1.29, 1.82) is 0 Å². The minimum absolute atomic E-state index is 0.463. The summed E-state index contributed by atoms with van der Waals surface area (Å²) >= 11 is 1.61. The lowest BCUT2D eigenvalue weighted by Crippen LogP contribution is -2.20. The van der Waals surface area contributed by atoms with Gasteiger partial charge in [-0.2, -0.15) is 0 Å². The molecule has 30 heavy (non-hydrogen) atoms. The van der Waals surface area contributed by atoms with Crippen LogP contribution in [0.2, 0.25) is 0 Å². The van der Waals surface area contributed by atoms with Crippen LogP contribution in [0.25, 0.3) is 21.9 Å². The number of hydrogen-bond acceptors (Lipinski definition) is 5. The van der Waals surface area contributed by atoms with Crippen molar-refractivity contribution in [3.63, 3.8) is 0 Å². The molecule has 1 saturated heterocycles. The number of rotatable bonds is 5.